The van der Waals surface area contributed by atoms with E-state index in [0.717, 1.165) is 0 Å². The predicted octanol–water partition coefficient (Wildman–Crippen LogP) is 2.17. The molecule has 0 bridgehead atoms. The third-order valence-corrected chi connectivity index (χ3v) is 3.74. The van der Waals surface area contributed by atoms with E-state index in [2.05, 4.69) is 10.3 Å². The molecule has 3 N–H and O–H groups in total. The Balaban J connectivity index is 2.39. The molecule has 0 radical (unpaired) electrons. The zero-order chi connectivity index (χ0) is 16.3. The number of nitrogens with one attached hydrogen (secondary N) is 1. The standard InChI is InChI=1S/C16H16ClN3O2/c1-10-13(7-4-8-19-10)14(21)20-16(2,15(18)22)11-5-3-6-12(17)9-11/h3-9H,1-2H3,(H2,18,22)(H,20,21)/t16-/m1/s1. The Morgan fingerprint density at radius 2 is 2.00 bits per heavy atom. The number of hydrogen-bond donors (Lipinski definition) is 2. The molecule has 0 saturated carbocycles. The van der Waals surface area contributed by atoms with Crippen LogP contribution >= 0.6 is 11.6 Å². The van der Waals surface area contributed by atoms with Crippen molar-refractivity contribution in [3.8, 4) is 0 Å². The second-order valence-electron chi connectivity index (χ2n) is 5.09. The quantitative estimate of drug-likeness (QED) is 0.906. The SMILES string of the molecule is Cc1ncccc1C(=O)N[C@@](C)(C(N)=O)c1cccc(Cl)c1. The third-order valence-electron chi connectivity index (χ3n) is 3.51. The Morgan fingerprint density at radius 1 is 1.27 bits per heavy atom. The number of halogens is 1. The first-order valence-corrected chi connectivity index (χ1v) is 7.02. The van der Waals surface area contributed by atoms with Crippen molar-refractivity contribution in [2.45, 2.75) is 19.4 Å². The van der Waals surface area contributed by atoms with E-state index < -0.39 is 17.4 Å². The summed E-state index contributed by atoms with van der Waals surface area (Å²) in [5.41, 5.74) is 5.60. The minimum absolute atomic E-state index is 0.386. The lowest BCUT2D eigenvalue weighted by molar-refractivity contribution is -0.123. The van der Waals surface area contributed by atoms with Gasteiger partial charge in [-0.15, -0.1) is 0 Å². The fraction of sp³-hybridized carbons (Fsp3) is 0.188. The average molecular weight is 318 g/mol. The molecule has 1 aromatic carbocycles. The maximum Gasteiger partial charge on any atom is 0.254 e. The summed E-state index contributed by atoms with van der Waals surface area (Å²) < 4.78 is 0. The number of nitrogens with two attached hydrogens (primary N) is 1. The van der Waals surface area contributed by atoms with Crippen molar-refractivity contribution in [3.63, 3.8) is 0 Å². The van der Waals surface area contributed by atoms with Gasteiger partial charge < -0.3 is 11.1 Å². The van der Waals surface area contributed by atoms with Gasteiger partial charge in [-0.1, -0.05) is 23.7 Å². The maximum absolute atomic E-state index is 12.5. The number of amides is 2. The van der Waals surface area contributed by atoms with Gasteiger partial charge in [-0.05, 0) is 43.7 Å². The molecule has 2 aromatic rings. The highest BCUT2D eigenvalue weighted by Crippen LogP contribution is 2.24. The highest BCUT2D eigenvalue weighted by atomic mass is 35.5. The van der Waals surface area contributed by atoms with Gasteiger partial charge in [0.2, 0.25) is 5.91 Å². The molecule has 0 unspecified atom stereocenters. The topological polar surface area (TPSA) is 85.1 Å². The van der Waals surface area contributed by atoms with Crippen LogP contribution in [0.25, 0.3) is 0 Å². The molecule has 22 heavy (non-hydrogen) atoms. The number of primary amides is 1. The smallest absolute Gasteiger partial charge is 0.254 e. The number of carbonyl (C=O) groups excluding carboxylic acids is 2. The van der Waals surface area contributed by atoms with Crippen LogP contribution in [0.15, 0.2) is 42.6 Å². The van der Waals surface area contributed by atoms with Crippen LogP contribution in [0.4, 0.5) is 0 Å². The van der Waals surface area contributed by atoms with Gasteiger partial charge in [0.25, 0.3) is 5.91 Å². The summed E-state index contributed by atoms with van der Waals surface area (Å²) in [6.07, 6.45) is 1.59. The van der Waals surface area contributed by atoms with E-state index in [1.165, 1.54) is 0 Å². The molecule has 0 spiro atoms. The Morgan fingerprint density at radius 3 is 2.59 bits per heavy atom. The minimum atomic E-state index is -1.37. The van der Waals surface area contributed by atoms with Gasteiger partial charge in [0.05, 0.1) is 5.56 Å². The monoisotopic (exact) mass is 317 g/mol. The first kappa shape index (κ1) is 16.0. The van der Waals surface area contributed by atoms with Gasteiger partial charge in [-0.25, -0.2) is 0 Å². The molecular weight excluding hydrogens is 302 g/mol. The average Bonchev–Trinajstić information content (AvgIpc) is 2.47. The molecule has 114 valence electrons. The van der Waals surface area contributed by atoms with Crippen LogP contribution in [0.1, 0.15) is 28.5 Å². The zero-order valence-electron chi connectivity index (χ0n) is 12.3. The molecule has 1 atom stereocenters. The number of rotatable bonds is 4. The largest absolute Gasteiger partial charge is 0.367 e. The number of aromatic nitrogens is 1. The van der Waals surface area contributed by atoms with Crippen molar-refractivity contribution in [1.29, 1.82) is 0 Å². The lowest BCUT2D eigenvalue weighted by Crippen LogP contribution is -2.52. The van der Waals surface area contributed by atoms with Gasteiger partial charge in [0.15, 0.2) is 0 Å². The van der Waals surface area contributed by atoms with Crippen molar-refractivity contribution in [2.75, 3.05) is 0 Å². The number of nitrogens with zero attached hydrogens (tertiary/aromatic N) is 1. The Kier molecular flexibility index (Phi) is 4.47. The van der Waals surface area contributed by atoms with E-state index in [1.54, 1.807) is 56.4 Å². The molecule has 0 aliphatic carbocycles. The van der Waals surface area contributed by atoms with Crippen LogP contribution in [0.5, 0.6) is 0 Å². The van der Waals surface area contributed by atoms with Crippen molar-refractivity contribution in [3.05, 3.63) is 64.4 Å². The molecule has 0 fully saturated rings. The highest BCUT2D eigenvalue weighted by molar-refractivity contribution is 6.30. The lowest BCUT2D eigenvalue weighted by atomic mass is 9.90. The number of aryl methyl sites for hydroxylation is 1. The summed E-state index contributed by atoms with van der Waals surface area (Å²) in [6.45, 7) is 3.26. The van der Waals surface area contributed by atoms with Gasteiger partial charge in [0, 0.05) is 16.9 Å². The van der Waals surface area contributed by atoms with Gasteiger partial charge in [0.1, 0.15) is 5.54 Å². The molecule has 0 saturated heterocycles. The Labute approximate surface area is 133 Å². The van der Waals surface area contributed by atoms with Crippen molar-refractivity contribution < 1.29 is 9.59 Å². The molecule has 1 heterocycles. The van der Waals surface area contributed by atoms with E-state index in [4.69, 9.17) is 17.3 Å². The maximum atomic E-state index is 12.5. The van der Waals surface area contributed by atoms with E-state index in [0.29, 0.717) is 21.8 Å². The molecule has 5 nitrogen and oxygen atoms in total. The van der Waals surface area contributed by atoms with E-state index in [1.807, 2.05) is 0 Å². The zero-order valence-corrected chi connectivity index (χ0v) is 13.0. The van der Waals surface area contributed by atoms with Crippen LogP contribution in [0, 0.1) is 6.92 Å². The number of pyridine rings is 1. The summed E-state index contributed by atoms with van der Waals surface area (Å²) in [5.74, 6) is -1.10. The highest BCUT2D eigenvalue weighted by Gasteiger charge is 2.35. The summed E-state index contributed by atoms with van der Waals surface area (Å²) in [5, 5.41) is 3.14. The fourth-order valence-corrected chi connectivity index (χ4v) is 2.28. The van der Waals surface area contributed by atoms with Gasteiger partial charge in [-0.3, -0.25) is 14.6 Å². The molecule has 2 amide bonds. The van der Waals surface area contributed by atoms with Crippen molar-refractivity contribution >= 4 is 23.4 Å². The van der Waals surface area contributed by atoms with Crippen LogP contribution in [0.2, 0.25) is 5.02 Å². The van der Waals surface area contributed by atoms with E-state index >= 15 is 0 Å². The first-order valence-electron chi connectivity index (χ1n) is 6.64. The minimum Gasteiger partial charge on any atom is -0.367 e. The molecular formula is C16H16ClN3O2. The molecule has 0 aliphatic rings. The van der Waals surface area contributed by atoms with Crippen LogP contribution < -0.4 is 11.1 Å². The van der Waals surface area contributed by atoms with Crippen LogP contribution in [-0.4, -0.2) is 16.8 Å². The number of carbonyl (C=O) groups is 2. The van der Waals surface area contributed by atoms with E-state index in [9.17, 15) is 9.59 Å². The number of benzene rings is 1. The summed E-state index contributed by atoms with van der Waals surface area (Å²) in [4.78, 5) is 28.4. The fourth-order valence-electron chi connectivity index (χ4n) is 2.09. The molecule has 1 aromatic heterocycles. The normalized spacial score (nSPS) is 13.2. The lowest BCUT2D eigenvalue weighted by Gasteiger charge is -2.28. The van der Waals surface area contributed by atoms with Crippen LogP contribution in [0.3, 0.4) is 0 Å². The van der Waals surface area contributed by atoms with Gasteiger partial charge >= 0.3 is 0 Å². The second-order valence-corrected chi connectivity index (χ2v) is 5.53. The first-order chi connectivity index (χ1) is 10.3. The third kappa shape index (κ3) is 3.09. The Bertz CT molecular complexity index is 733. The predicted molar refractivity (Wildman–Crippen MR) is 84.4 cm³/mol. The summed E-state index contributed by atoms with van der Waals surface area (Å²) >= 11 is 5.96. The number of hydrogen-bond acceptors (Lipinski definition) is 3. The van der Waals surface area contributed by atoms with Crippen LogP contribution in [-0.2, 0) is 10.3 Å². The van der Waals surface area contributed by atoms with E-state index in [-0.39, 0.29) is 0 Å². The second kappa shape index (κ2) is 6.15. The molecule has 6 heteroatoms. The summed E-state index contributed by atoms with van der Waals surface area (Å²) in [7, 11) is 0. The summed E-state index contributed by atoms with van der Waals surface area (Å²) in [6, 6.07) is 9.95. The van der Waals surface area contributed by atoms with Gasteiger partial charge in [-0.2, -0.15) is 0 Å². The molecule has 0 aliphatic heterocycles. The Hall–Kier alpha value is -2.40. The van der Waals surface area contributed by atoms with Crippen molar-refractivity contribution in [1.82, 2.24) is 10.3 Å². The van der Waals surface area contributed by atoms with Crippen molar-refractivity contribution in [2.24, 2.45) is 5.73 Å². The molecule has 2 rings (SSSR count).